The van der Waals surface area contributed by atoms with Crippen LogP contribution in [0, 0.1) is 46.4 Å². The number of guanidine groups is 1. The number of rotatable bonds is 7. The number of halogens is 1. The standard InChI is InChI=1S/C39H45FN8O2/c1-23-17-30(32-20-31(23)39(32,3)4)35-24(2)46(22-41)15-16-47(35)38(42)44-27-9-11-29-34(18-27)45-36(26-7-6-13-43-21-26)48(37(29)49)14-12-25-8-10-28(50-5)19-33(25)40/h6-11,13,18-19,21,23-24,30-32,35H,12,14-17,20H2,1-5H3,(H2,42,44)/t23-,24+,30?,31+,32-,35?/m1/s1. The van der Waals surface area contributed by atoms with Crippen LogP contribution in [0.5, 0.6) is 5.75 Å². The Kier molecular flexibility index (Phi) is 8.75. The first-order chi connectivity index (χ1) is 24.0. The highest BCUT2D eigenvalue weighted by Gasteiger charge is 2.60. The van der Waals surface area contributed by atoms with E-state index in [0.717, 1.165) is 12.3 Å². The molecule has 4 fully saturated rings. The van der Waals surface area contributed by atoms with Crippen molar-refractivity contribution in [3.8, 4) is 23.3 Å². The molecule has 6 atom stereocenters. The second-order valence-corrected chi connectivity index (χ2v) is 14.9. The van der Waals surface area contributed by atoms with Crippen molar-refractivity contribution in [3.05, 3.63) is 82.7 Å². The minimum absolute atomic E-state index is 0.00202. The molecule has 1 saturated heterocycles. The molecule has 3 saturated carbocycles. The Morgan fingerprint density at radius 3 is 2.64 bits per heavy atom. The molecule has 11 heteroatoms. The van der Waals surface area contributed by atoms with Crippen molar-refractivity contribution in [1.82, 2.24) is 24.3 Å². The number of ether oxygens (including phenoxy) is 1. The number of aryl methyl sites for hydroxylation is 1. The number of aliphatic imine (C=N–C) groups is 1. The van der Waals surface area contributed by atoms with Gasteiger partial charge in [0.25, 0.3) is 5.56 Å². The maximum atomic E-state index is 14.8. The summed E-state index contributed by atoms with van der Waals surface area (Å²) < 4.78 is 21.6. The van der Waals surface area contributed by atoms with E-state index in [2.05, 4.69) is 43.8 Å². The van der Waals surface area contributed by atoms with Gasteiger partial charge in [0.15, 0.2) is 12.2 Å². The summed E-state index contributed by atoms with van der Waals surface area (Å²) in [5, 5.41) is 10.4. The lowest BCUT2D eigenvalue weighted by atomic mass is 9.41. The number of pyridine rings is 1. The zero-order valence-electron chi connectivity index (χ0n) is 29.4. The number of aromatic nitrogens is 3. The van der Waals surface area contributed by atoms with Gasteiger partial charge in [-0.3, -0.25) is 14.3 Å². The fraction of sp³-hybridized carbons (Fsp3) is 0.462. The molecule has 3 heterocycles. The van der Waals surface area contributed by atoms with Gasteiger partial charge in [0.2, 0.25) is 0 Å². The summed E-state index contributed by atoms with van der Waals surface area (Å²) in [6, 6.07) is 13.8. The quantitative estimate of drug-likeness (QED) is 0.144. The molecule has 4 aliphatic rings. The topological polar surface area (TPSA) is 126 Å². The van der Waals surface area contributed by atoms with Gasteiger partial charge in [-0.15, -0.1) is 0 Å². The first kappa shape index (κ1) is 33.5. The summed E-state index contributed by atoms with van der Waals surface area (Å²) in [5.41, 5.74) is 9.12. The molecular formula is C39H45FN8O2. The SMILES string of the molecule is COc1ccc(CCn2c(-c3cccnc3)nc3cc(N=C(N)N4CCN(C#N)[C@@H](C)C4C4C[C@@H](C)[C@@H]5C[C@H]4C5(C)C)ccc3c2=O)c(F)c1. The number of nitrogens with zero attached hydrogens (tertiary/aromatic N) is 7. The van der Waals surface area contributed by atoms with Gasteiger partial charge in [0, 0.05) is 43.7 Å². The molecule has 2 aromatic heterocycles. The third-order valence-electron chi connectivity index (χ3n) is 12.0. The maximum absolute atomic E-state index is 14.8. The van der Waals surface area contributed by atoms with Crippen molar-refractivity contribution in [2.75, 3.05) is 20.2 Å². The molecule has 2 aromatic carbocycles. The first-order valence-electron chi connectivity index (χ1n) is 17.6. The maximum Gasteiger partial charge on any atom is 0.261 e. The van der Waals surface area contributed by atoms with E-state index in [-0.39, 0.29) is 36.0 Å². The van der Waals surface area contributed by atoms with Gasteiger partial charge in [-0.05, 0) is 97.2 Å². The monoisotopic (exact) mass is 676 g/mol. The summed E-state index contributed by atoms with van der Waals surface area (Å²) in [6.45, 7) is 10.7. The highest BCUT2D eigenvalue weighted by molar-refractivity contribution is 5.86. The van der Waals surface area contributed by atoms with Gasteiger partial charge < -0.3 is 20.3 Å². The second-order valence-electron chi connectivity index (χ2n) is 14.9. The molecule has 0 spiro atoms. The molecule has 3 aliphatic carbocycles. The van der Waals surface area contributed by atoms with Crippen LogP contribution in [0.2, 0.25) is 0 Å². The van der Waals surface area contributed by atoms with Crippen LogP contribution in [-0.4, -0.2) is 62.6 Å². The minimum Gasteiger partial charge on any atom is -0.497 e. The predicted molar refractivity (Wildman–Crippen MR) is 192 cm³/mol. The second kappa shape index (κ2) is 13.0. The molecule has 50 heavy (non-hydrogen) atoms. The van der Waals surface area contributed by atoms with Crippen molar-refractivity contribution in [1.29, 1.82) is 5.26 Å². The Labute approximate surface area is 292 Å². The summed E-state index contributed by atoms with van der Waals surface area (Å²) in [4.78, 5) is 32.3. The molecule has 10 nitrogen and oxygen atoms in total. The Morgan fingerprint density at radius 2 is 1.96 bits per heavy atom. The average Bonchev–Trinajstić information content (AvgIpc) is 3.11. The van der Waals surface area contributed by atoms with Crippen LogP contribution in [0.1, 0.15) is 46.1 Å². The Morgan fingerprint density at radius 1 is 1.14 bits per heavy atom. The molecule has 8 rings (SSSR count). The van der Waals surface area contributed by atoms with Crippen molar-refractivity contribution >= 4 is 22.5 Å². The van der Waals surface area contributed by atoms with Gasteiger partial charge >= 0.3 is 0 Å². The van der Waals surface area contributed by atoms with Crippen LogP contribution in [0.3, 0.4) is 0 Å². The first-order valence-corrected chi connectivity index (χ1v) is 17.6. The van der Waals surface area contributed by atoms with E-state index in [4.69, 9.17) is 20.4 Å². The van der Waals surface area contributed by atoms with E-state index in [9.17, 15) is 14.4 Å². The number of fused-ring (bicyclic) bond motifs is 3. The average molecular weight is 677 g/mol. The smallest absolute Gasteiger partial charge is 0.261 e. The zero-order valence-corrected chi connectivity index (χ0v) is 29.4. The summed E-state index contributed by atoms with van der Waals surface area (Å²) in [5.74, 6) is 3.22. The number of methoxy groups -OCH3 is 1. The van der Waals surface area contributed by atoms with E-state index < -0.39 is 5.82 Å². The van der Waals surface area contributed by atoms with Crippen molar-refractivity contribution < 1.29 is 9.13 Å². The van der Waals surface area contributed by atoms with E-state index in [0.29, 0.717) is 76.1 Å². The van der Waals surface area contributed by atoms with Gasteiger partial charge in [-0.1, -0.05) is 26.8 Å². The number of benzene rings is 2. The highest BCUT2D eigenvalue weighted by atomic mass is 19.1. The van der Waals surface area contributed by atoms with Gasteiger partial charge in [-0.2, -0.15) is 5.26 Å². The summed E-state index contributed by atoms with van der Waals surface area (Å²) in [6.07, 6.45) is 8.38. The van der Waals surface area contributed by atoms with E-state index in [1.54, 1.807) is 53.4 Å². The number of nitrogens with two attached hydrogens (primary N) is 1. The van der Waals surface area contributed by atoms with Crippen LogP contribution in [0.25, 0.3) is 22.3 Å². The molecule has 2 N–H and O–H groups in total. The van der Waals surface area contributed by atoms with Crippen LogP contribution >= 0.6 is 0 Å². The third kappa shape index (κ3) is 5.74. The number of hydrogen-bond donors (Lipinski definition) is 1. The number of hydrogen-bond acceptors (Lipinski definition) is 7. The van der Waals surface area contributed by atoms with Crippen LogP contribution in [0.15, 0.2) is 70.7 Å². The Hall–Kier alpha value is -4.98. The van der Waals surface area contributed by atoms with E-state index >= 15 is 0 Å². The Balaban J connectivity index is 1.23. The van der Waals surface area contributed by atoms with E-state index in [1.165, 1.54) is 19.6 Å². The number of nitriles is 1. The molecule has 4 aromatic rings. The Bertz CT molecular complexity index is 2040. The van der Waals surface area contributed by atoms with Crippen molar-refractivity contribution in [2.24, 2.45) is 39.8 Å². The highest BCUT2D eigenvalue weighted by Crippen LogP contribution is 2.64. The lowest BCUT2D eigenvalue weighted by molar-refractivity contribution is -0.160. The largest absolute Gasteiger partial charge is 0.497 e. The van der Waals surface area contributed by atoms with Crippen molar-refractivity contribution in [2.45, 2.75) is 65.6 Å². The van der Waals surface area contributed by atoms with Gasteiger partial charge in [0.05, 0.1) is 35.8 Å². The normalized spacial score (nSPS) is 26.0. The van der Waals surface area contributed by atoms with Gasteiger partial charge in [-0.25, -0.2) is 14.4 Å². The van der Waals surface area contributed by atoms with Crippen molar-refractivity contribution in [3.63, 3.8) is 0 Å². The van der Waals surface area contributed by atoms with Gasteiger partial charge in [0.1, 0.15) is 17.4 Å². The molecule has 1 aliphatic heterocycles. The molecule has 0 radical (unpaired) electrons. The predicted octanol–water partition coefficient (Wildman–Crippen LogP) is 5.97. The molecule has 2 unspecified atom stereocenters. The molecule has 2 bridgehead atoms. The summed E-state index contributed by atoms with van der Waals surface area (Å²) >= 11 is 0. The fourth-order valence-electron chi connectivity index (χ4n) is 9.32. The van der Waals surface area contributed by atoms with Crippen LogP contribution < -0.4 is 16.0 Å². The third-order valence-corrected chi connectivity index (χ3v) is 12.0. The minimum atomic E-state index is -0.390. The molecular weight excluding hydrogens is 631 g/mol. The molecule has 260 valence electrons. The lowest BCUT2D eigenvalue weighted by Crippen LogP contribution is -2.68. The lowest BCUT2D eigenvalue weighted by Gasteiger charge is -2.66. The zero-order chi connectivity index (χ0) is 35.3. The van der Waals surface area contributed by atoms with E-state index in [1.807, 2.05) is 11.0 Å². The van der Waals surface area contributed by atoms with Crippen LogP contribution in [-0.2, 0) is 13.0 Å². The fourth-order valence-corrected chi connectivity index (χ4v) is 9.32. The van der Waals surface area contributed by atoms with Crippen LogP contribution in [0.4, 0.5) is 10.1 Å². The molecule has 0 amide bonds. The summed E-state index contributed by atoms with van der Waals surface area (Å²) in [7, 11) is 1.49. The number of piperazine rings is 1.